The fourth-order valence-electron chi connectivity index (χ4n) is 3.87. The lowest BCUT2D eigenvalue weighted by Gasteiger charge is -2.41. The number of para-hydroxylation sites is 1. The summed E-state index contributed by atoms with van der Waals surface area (Å²) in [5, 5.41) is 18.0. The number of hydroxylamine groups is 2. The number of quaternary nitrogens is 1. The molecule has 0 amide bonds. The number of nitrogens with zero attached hydrogens (tertiary/aromatic N) is 3. The molecule has 2 fully saturated rings. The molecule has 2 atom stereocenters. The molecule has 0 bridgehead atoms. The summed E-state index contributed by atoms with van der Waals surface area (Å²) in [5.41, 5.74) is 0.937. The van der Waals surface area contributed by atoms with E-state index >= 15 is 0 Å². The summed E-state index contributed by atoms with van der Waals surface area (Å²) in [6, 6.07) is 8.51. The molecule has 1 saturated heterocycles. The fraction of sp³-hybridized carbons (Fsp3) is 0.588. The van der Waals surface area contributed by atoms with Gasteiger partial charge in [-0.3, -0.25) is 14.9 Å². The Balaban J connectivity index is 1.62. The number of likely N-dealkylation sites (N-methyl/N-ethyl adjacent to an activating group) is 1. The number of nitrogens with one attached hydrogen (secondary N) is 1. The second-order valence-corrected chi connectivity index (χ2v) is 7.97. The Kier molecular flexibility index (Phi) is 4.11. The number of aromatic nitrogens is 1. The van der Waals surface area contributed by atoms with Gasteiger partial charge in [0.05, 0.1) is 16.8 Å². The SMILES string of the molecule is CN1CC(NC2CCCCC2)[N+]([O-])(c2nc3ccccc3s2)C1. The molecule has 1 saturated carbocycles. The third-order valence-corrected chi connectivity index (χ3v) is 6.23. The maximum atomic E-state index is 13.7. The van der Waals surface area contributed by atoms with Gasteiger partial charge in [0, 0.05) is 6.04 Å². The summed E-state index contributed by atoms with van der Waals surface area (Å²) in [5.74, 6) is 0. The van der Waals surface area contributed by atoms with Crippen LogP contribution in [0.4, 0.5) is 5.13 Å². The first-order valence-electron chi connectivity index (χ1n) is 8.55. The molecule has 2 heterocycles. The monoisotopic (exact) mass is 332 g/mol. The average molecular weight is 332 g/mol. The maximum Gasteiger partial charge on any atom is 0.289 e. The molecule has 5 nitrogen and oxygen atoms in total. The van der Waals surface area contributed by atoms with E-state index in [1.807, 2.05) is 31.3 Å². The maximum absolute atomic E-state index is 13.7. The minimum absolute atomic E-state index is 0.108. The first-order chi connectivity index (χ1) is 11.1. The second-order valence-electron chi connectivity index (χ2n) is 6.96. The summed E-state index contributed by atoms with van der Waals surface area (Å²) < 4.78 is 0.744. The van der Waals surface area contributed by atoms with Crippen LogP contribution in [0.2, 0.25) is 0 Å². The van der Waals surface area contributed by atoms with Gasteiger partial charge in [-0.1, -0.05) is 42.7 Å². The molecule has 2 unspecified atom stereocenters. The lowest BCUT2D eigenvalue weighted by atomic mass is 9.95. The van der Waals surface area contributed by atoms with Gasteiger partial charge in [0.1, 0.15) is 6.67 Å². The molecule has 1 aromatic heterocycles. The molecule has 2 aromatic rings. The van der Waals surface area contributed by atoms with Gasteiger partial charge >= 0.3 is 0 Å². The van der Waals surface area contributed by atoms with Gasteiger partial charge in [0.25, 0.3) is 5.13 Å². The van der Waals surface area contributed by atoms with Crippen LogP contribution in [0, 0.1) is 5.21 Å². The third-order valence-electron chi connectivity index (χ3n) is 5.08. The Bertz CT molecular complexity index is 651. The number of benzene rings is 1. The quantitative estimate of drug-likeness (QED) is 0.692. The standard InChI is InChI=1S/C17H24N4OS/c1-20-11-16(18-13-7-3-2-4-8-13)21(22,12-20)17-19-14-9-5-6-10-15(14)23-17/h5-6,9-10,13,16,18H,2-4,7-8,11-12H2,1H3. The van der Waals surface area contributed by atoms with Crippen molar-refractivity contribution in [2.24, 2.45) is 0 Å². The van der Waals surface area contributed by atoms with E-state index in [4.69, 9.17) is 0 Å². The van der Waals surface area contributed by atoms with Crippen molar-refractivity contribution in [3.05, 3.63) is 29.5 Å². The third kappa shape index (κ3) is 2.90. The Labute approximate surface area is 141 Å². The molecule has 4 rings (SSSR count). The Morgan fingerprint density at radius 3 is 2.83 bits per heavy atom. The molecule has 0 spiro atoms. The van der Waals surface area contributed by atoms with E-state index in [2.05, 4.69) is 15.2 Å². The summed E-state index contributed by atoms with van der Waals surface area (Å²) in [6.45, 7) is 1.26. The zero-order valence-corrected chi connectivity index (χ0v) is 14.4. The van der Waals surface area contributed by atoms with Crippen molar-refractivity contribution in [1.29, 1.82) is 0 Å². The fourth-order valence-corrected chi connectivity index (χ4v) is 4.92. The van der Waals surface area contributed by atoms with Gasteiger partial charge in [0.2, 0.25) is 0 Å². The van der Waals surface area contributed by atoms with Gasteiger partial charge in [-0.25, -0.2) is 0 Å². The second kappa shape index (κ2) is 6.11. The smallest absolute Gasteiger partial charge is 0.289 e. The van der Waals surface area contributed by atoms with E-state index in [-0.39, 0.29) is 10.8 Å². The van der Waals surface area contributed by atoms with Crippen LogP contribution < -0.4 is 9.96 Å². The van der Waals surface area contributed by atoms with Gasteiger partial charge in [0.15, 0.2) is 6.17 Å². The van der Waals surface area contributed by atoms with Crippen molar-refractivity contribution in [1.82, 2.24) is 19.8 Å². The average Bonchev–Trinajstić information content (AvgIpc) is 3.11. The summed E-state index contributed by atoms with van der Waals surface area (Å²) >= 11 is 1.54. The van der Waals surface area contributed by atoms with Gasteiger partial charge in [-0.2, -0.15) is 4.98 Å². The van der Waals surface area contributed by atoms with Gasteiger partial charge < -0.3 is 5.21 Å². The number of fused-ring (bicyclic) bond motifs is 1. The number of hydrogen-bond acceptors (Lipinski definition) is 5. The molecule has 124 valence electrons. The van der Waals surface area contributed by atoms with Crippen LogP contribution in [-0.4, -0.2) is 42.4 Å². The van der Waals surface area contributed by atoms with Crippen LogP contribution in [0.3, 0.4) is 0 Å². The van der Waals surface area contributed by atoms with Crippen LogP contribution in [-0.2, 0) is 0 Å². The number of rotatable bonds is 3. The highest BCUT2D eigenvalue weighted by atomic mass is 32.1. The summed E-state index contributed by atoms with van der Waals surface area (Å²) in [7, 11) is 2.03. The van der Waals surface area contributed by atoms with E-state index in [9.17, 15) is 5.21 Å². The first-order valence-corrected chi connectivity index (χ1v) is 9.36. The van der Waals surface area contributed by atoms with Crippen LogP contribution in [0.15, 0.2) is 24.3 Å². The molecule has 1 N–H and O–H groups in total. The Hall–Kier alpha value is -1.05. The molecule has 2 aliphatic rings. The highest BCUT2D eigenvalue weighted by Gasteiger charge is 2.43. The lowest BCUT2D eigenvalue weighted by Crippen LogP contribution is -2.58. The molecule has 6 heteroatoms. The predicted molar refractivity (Wildman–Crippen MR) is 96.1 cm³/mol. The number of thiazole rings is 1. The molecule has 1 aliphatic heterocycles. The Morgan fingerprint density at radius 1 is 1.26 bits per heavy atom. The summed E-state index contributed by atoms with van der Waals surface area (Å²) in [6.07, 6.45) is 6.17. The highest BCUT2D eigenvalue weighted by Crippen LogP contribution is 2.37. The van der Waals surface area contributed by atoms with Crippen molar-refractivity contribution in [2.75, 3.05) is 20.3 Å². The van der Waals surface area contributed by atoms with E-state index in [1.165, 1.54) is 32.1 Å². The Morgan fingerprint density at radius 2 is 2.04 bits per heavy atom. The van der Waals surface area contributed by atoms with Crippen molar-refractivity contribution < 1.29 is 0 Å². The molecule has 23 heavy (non-hydrogen) atoms. The van der Waals surface area contributed by atoms with Gasteiger partial charge in [-0.15, -0.1) is 0 Å². The van der Waals surface area contributed by atoms with E-state index in [1.54, 1.807) is 11.3 Å². The zero-order chi connectivity index (χ0) is 15.9. The van der Waals surface area contributed by atoms with E-state index in [0.29, 0.717) is 17.8 Å². The van der Waals surface area contributed by atoms with Gasteiger partial charge in [-0.05, 0) is 32.0 Å². The molecular formula is C17H24N4OS. The van der Waals surface area contributed by atoms with E-state index < -0.39 is 0 Å². The minimum atomic E-state index is -0.355. The van der Waals surface area contributed by atoms with Crippen molar-refractivity contribution in [2.45, 2.75) is 44.3 Å². The predicted octanol–water partition coefficient (Wildman–Crippen LogP) is 3.25. The minimum Gasteiger partial charge on any atom is -0.623 e. The zero-order valence-electron chi connectivity index (χ0n) is 13.6. The van der Waals surface area contributed by atoms with Crippen LogP contribution in [0.25, 0.3) is 10.2 Å². The largest absolute Gasteiger partial charge is 0.623 e. The van der Waals surface area contributed by atoms with Crippen LogP contribution in [0.1, 0.15) is 32.1 Å². The highest BCUT2D eigenvalue weighted by molar-refractivity contribution is 7.22. The molecule has 1 aromatic carbocycles. The molecular weight excluding hydrogens is 308 g/mol. The topological polar surface area (TPSA) is 51.2 Å². The van der Waals surface area contributed by atoms with Crippen molar-refractivity contribution in [3.8, 4) is 0 Å². The molecule has 0 radical (unpaired) electrons. The van der Waals surface area contributed by atoms with Crippen LogP contribution >= 0.6 is 11.3 Å². The van der Waals surface area contributed by atoms with E-state index in [0.717, 1.165) is 16.8 Å². The number of hydrogen-bond donors (Lipinski definition) is 1. The molecule has 1 aliphatic carbocycles. The van der Waals surface area contributed by atoms with Crippen LogP contribution in [0.5, 0.6) is 0 Å². The van der Waals surface area contributed by atoms with Crippen molar-refractivity contribution >= 4 is 26.7 Å². The normalized spacial score (nSPS) is 30.3. The first kappa shape index (κ1) is 15.5. The summed E-state index contributed by atoms with van der Waals surface area (Å²) in [4.78, 5) is 6.78. The lowest BCUT2D eigenvalue weighted by molar-refractivity contribution is 0.246. The van der Waals surface area contributed by atoms with Crippen molar-refractivity contribution in [3.63, 3.8) is 0 Å².